The normalized spacial score (nSPS) is 15.2. The summed E-state index contributed by atoms with van der Waals surface area (Å²) in [5, 5.41) is 2.11. The van der Waals surface area contributed by atoms with Gasteiger partial charge < -0.3 is 9.47 Å². The highest BCUT2D eigenvalue weighted by atomic mass is 16.5. The molecule has 0 N–H and O–H groups in total. The van der Waals surface area contributed by atoms with E-state index in [1.807, 2.05) is 6.07 Å². The molecule has 0 spiro atoms. The van der Waals surface area contributed by atoms with Crippen molar-refractivity contribution in [2.45, 2.75) is 27.2 Å². The monoisotopic (exact) mass is 356 g/mol. The van der Waals surface area contributed by atoms with Crippen LogP contribution in [0.1, 0.15) is 30.0 Å². The van der Waals surface area contributed by atoms with Crippen LogP contribution >= 0.6 is 0 Å². The van der Waals surface area contributed by atoms with Crippen molar-refractivity contribution in [2.75, 3.05) is 7.11 Å². The van der Waals surface area contributed by atoms with E-state index in [1.165, 1.54) is 16.7 Å². The molecule has 4 rings (SSSR count). The first-order valence-corrected chi connectivity index (χ1v) is 9.26. The summed E-state index contributed by atoms with van der Waals surface area (Å²) in [6.45, 7) is 10.5. The van der Waals surface area contributed by atoms with Crippen molar-refractivity contribution in [2.24, 2.45) is 0 Å². The van der Waals surface area contributed by atoms with Gasteiger partial charge in [-0.25, -0.2) is 0 Å². The Kier molecular flexibility index (Phi) is 4.27. The van der Waals surface area contributed by atoms with Crippen LogP contribution in [-0.2, 0) is 0 Å². The molecule has 0 saturated heterocycles. The lowest BCUT2D eigenvalue weighted by Gasteiger charge is -2.26. The van der Waals surface area contributed by atoms with Gasteiger partial charge in [-0.2, -0.15) is 0 Å². The molecule has 0 fully saturated rings. The smallest absolute Gasteiger partial charge is 0.141 e. The Morgan fingerprint density at radius 3 is 2.59 bits per heavy atom. The molecule has 2 aromatic carbocycles. The SMILES string of the molecule is C=c1ccc2c(c1C)Oc1c(ccc(OC)c1C)C=2C1=CCC=CC=C1C. The van der Waals surface area contributed by atoms with Gasteiger partial charge in [0.2, 0.25) is 0 Å². The third-order valence-corrected chi connectivity index (χ3v) is 5.47. The zero-order valence-electron chi connectivity index (χ0n) is 16.3. The van der Waals surface area contributed by atoms with Crippen molar-refractivity contribution < 1.29 is 9.47 Å². The molecule has 1 heterocycles. The van der Waals surface area contributed by atoms with Crippen molar-refractivity contribution >= 4 is 12.2 Å². The fourth-order valence-corrected chi connectivity index (χ4v) is 3.85. The van der Waals surface area contributed by atoms with E-state index in [2.05, 4.69) is 69.9 Å². The number of rotatable bonds is 2. The van der Waals surface area contributed by atoms with Gasteiger partial charge in [0, 0.05) is 21.9 Å². The van der Waals surface area contributed by atoms with Gasteiger partial charge in [-0.05, 0) is 67.3 Å². The summed E-state index contributed by atoms with van der Waals surface area (Å²) in [6, 6.07) is 8.35. The molecule has 136 valence electrons. The van der Waals surface area contributed by atoms with Crippen molar-refractivity contribution in [3.05, 3.63) is 86.8 Å². The zero-order valence-corrected chi connectivity index (χ0v) is 16.3. The highest BCUT2D eigenvalue weighted by Crippen LogP contribution is 2.43. The van der Waals surface area contributed by atoms with E-state index >= 15 is 0 Å². The molecule has 2 heteroatoms. The summed E-state index contributed by atoms with van der Waals surface area (Å²) in [5.74, 6) is 2.60. The first-order valence-electron chi connectivity index (χ1n) is 9.26. The van der Waals surface area contributed by atoms with Crippen LogP contribution in [0.4, 0.5) is 0 Å². The molecule has 0 aromatic heterocycles. The third-order valence-electron chi connectivity index (χ3n) is 5.47. The van der Waals surface area contributed by atoms with Gasteiger partial charge in [-0.15, -0.1) is 0 Å². The van der Waals surface area contributed by atoms with E-state index in [0.29, 0.717) is 0 Å². The molecular weight excluding hydrogens is 332 g/mol. The largest absolute Gasteiger partial charge is 0.496 e. The van der Waals surface area contributed by atoms with Crippen molar-refractivity contribution in [1.29, 1.82) is 0 Å². The van der Waals surface area contributed by atoms with Crippen LogP contribution in [0.25, 0.3) is 12.2 Å². The van der Waals surface area contributed by atoms with Gasteiger partial charge in [-0.1, -0.05) is 36.9 Å². The van der Waals surface area contributed by atoms with E-state index in [0.717, 1.165) is 50.8 Å². The van der Waals surface area contributed by atoms with Crippen LogP contribution in [0.15, 0.2) is 59.7 Å². The summed E-state index contributed by atoms with van der Waals surface area (Å²) in [6.07, 6.45) is 9.71. The van der Waals surface area contributed by atoms with E-state index in [1.54, 1.807) is 7.11 Å². The molecule has 0 unspecified atom stereocenters. The van der Waals surface area contributed by atoms with Gasteiger partial charge in [0.15, 0.2) is 0 Å². The van der Waals surface area contributed by atoms with Crippen molar-refractivity contribution in [3.8, 4) is 17.2 Å². The van der Waals surface area contributed by atoms with Crippen molar-refractivity contribution in [3.63, 3.8) is 0 Å². The predicted molar refractivity (Wildman–Crippen MR) is 112 cm³/mol. The fourth-order valence-electron chi connectivity index (χ4n) is 3.85. The molecule has 0 atom stereocenters. The molecule has 0 saturated carbocycles. The fraction of sp³-hybridized carbons (Fsp3) is 0.200. The van der Waals surface area contributed by atoms with Gasteiger partial charge in [0.05, 0.1) is 7.11 Å². The lowest BCUT2D eigenvalue weighted by Crippen LogP contribution is -2.23. The van der Waals surface area contributed by atoms with Crippen LogP contribution in [0.5, 0.6) is 17.2 Å². The molecular formula is C25H24O2. The highest BCUT2D eigenvalue weighted by Gasteiger charge is 2.26. The number of ether oxygens (including phenoxy) is 2. The molecule has 2 aromatic rings. The molecule has 0 amide bonds. The van der Waals surface area contributed by atoms with Gasteiger partial charge in [0.1, 0.15) is 17.2 Å². The molecule has 2 aliphatic rings. The summed E-state index contributed by atoms with van der Waals surface area (Å²) < 4.78 is 12.0. The second kappa shape index (κ2) is 6.62. The van der Waals surface area contributed by atoms with Crippen LogP contribution in [0.2, 0.25) is 0 Å². The van der Waals surface area contributed by atoms with E-state index in [-0.39, 0.29) is 0 Å². The lowest BCUT2D eigenvalue weighted by atomic mass is 9.87. The van der Waals surface area contributed by atoms with Gasteiger partial charge in [-0.3, -0.25) is 0 Å². The Labute approximate surface area is 160 Å². The van der Waals surface area contributed by atoms with Crippen LogP contribution in [0.3, 0.4) is 0 Å². The van der Waals surface area contributed by atoms with Crippen LogP contribution < -0.4 is 19.9 Å². The Bertz CT molecular complexity index is 1140. The molecule has 1 aliphatic carbocycles. The van der Waals surface area contributed by atoms with E-state index in [4.69, 9.17) is 9.47 Å². The minimum atomic E-state index is 0.837. The maximum absolute atomic E-state index is 6.45. The second-order valence-corrected chi connectivity index (χ2v) is 7.10. The minimum Gasteiger partial charge on any atom is -0.496 e. The molecule has 0 radical (unpaired) electrons. The topological polar surface area (TPSA) is 18.5 Å². The maximum Gasteiger partial charge on any atom is 0.141 e. The average Bonchev–Trinajstić information content (AvgIpc) is 2.88. The van der Waals surface area contributed by atoms with Gasteiger partial charge in [0.25, 0.3) is 0 Å². The summed E-state index contributed by atoms with van der Waals surface area (Å²) in [7, 11) is 1.70. The van der Waals surface area contributed by atoms with Gasteiger partial charge >= 0.3 is 0 Å². The first-order chi connectivity index (χ1) is 13.0. The lowest BCUT2D eigenvalue weighted by molar-refractivity contribution is 0.402. The summed E-state index contributed by atoms with van der Waals surface area (Å²) in [4.78, 5) is 0. The number of benzene rings is 2. The molecule has 1 aliphatic heterocycles. The number of hydrogen-bond acceptors (Lipinski definition) is 2. The second-order valence-electron chi connectivity index (χ2n) is 7.10. The molecule has 2 nitrogen and oxygen atoms in total. The number of fused-ring (bicyclic) bond motifs is 2. The Balaban J connectivity index is 2.14. The number of allylic oxidation sites excluding steroid dienone is 6. The quantitative estimate of drug-likeness (QED) is 0.765. The summed E-state index contributed by atoms with van der Waals surface area (Å²) >= 11 is 0. The summed E-state index contributed by atoms with van der Waals surface area (Å²) in [5.41, 5.74) is 6.93. The Hall–Kier alpha value is -3.00. The van der Waals surface area contributed by atoms with E-state index in [9.17, 15) is 0 Å². The number of hydrogen-bond donors (Lipinski definition) is 0. The Morgan fingerprint density at radius 2 is 1.81 bits per heavy atom. The van der Waals surface area contributed by atoms with Crippen LogP contribution in [-0.4, -0.2) is 7.11 Å². The highest BCUT2D eigenvalue weighted by molar-refractivity contribution is 5.89. The predicted octanol–water partition coefficient (Wildman–Crippen LogP) is 4.86. The molecule has 0 bridgehead atoms. The minimum absolute atomic E-state index is 0.837. The van der Waals surface area contributed by atoms with Crippen molar-refractivity contribution in [1.82, 2.24) is 0 Å². The first kappa shape index (κ1) is 17.4. The average molecular weight is 356 g/mol. The third kappa shape index (κ3) is 2.73. The standard InChI is InChI=1S/C25H24O2/c1-15-11-12-20-23(19-10-8-6-7-9-16(19)2)21-13-14-22(26-5)18(4)25(21)27-24(20)17(15)3/h6-7,9-14H,1,8H2,2-5H3. The zero-order chi connectivity index (χ0) is 19.1. The Morgan fingerprint density at radius 1 is 1.00 bits per heavy atom. The maximum atomic E-state index is 6.45. The molecule has 27 heavy (non-hydrogen) atoms. The number of methoxy groups -OCH3 is 1. The van der Waals surface area contributed by atoms with Crippen LogP contribution in [0, 0.1) is 13.8 Å². The van der Waals surface area contributed by atoms with E-state index < -0.39 is 0 Å².